The molecule has 3 nitrogen and oxygen atoms in total. The van der Waals surface area contributed by atoms with Gasteiger partial charge in [-0.15, -0.1) is 0 Å². The Labute approximate surface area is 111 Å². The van der Waals surface area contributed by atoms with Gasteiger partial charge in [0.15, 0.2) is 0 Å². The van der Waals surface area contributed by atoms with Gasteiger partial charge in [0.1, 0.15) is 6.61 Å². The topological polar surface area (TPSA) is 39.2 Å². The molecule has 0 atom stereocenters. The van der Waals surface area contributed by atoms with Crippen molar-refractivity contribution in [2.45, 2.75) is 26.4 Å². The quantitative estimate of drug-likeness (QED) is 0.789. The zero-order valence-electron chi connectivity index (χ0n) is 10.4. The Morgan fingerprint density at radius 1 is 1.33 bits per heavy atom. The first-order valence-corrected chi connectivity index (χ1v) is 6.62. The zero-order chi connectivity index (χ0) is 13.0. The summed E-state index contributed by atoms with van der Waals surface area (Å²) in [4.78, 5) is 12.9. The third kappa shape index (κ3) is 3.17. The van der Waals surface area contributed by atoms with Crippen LogP contribution in [0.1, 0.15) is 40.7 Å². The maximum Gasteiger partial charge on any atom is 0.338 e. The number of hydrogen-bond donors (Lipinski definition) is 0. The summed E-state index contributed by atoms with van der Waals surface area (Å²) >= 11 is 1.46. The second kappa shape index (κ2) is 5.78. The Morgan fingerprint density at radius 2 is 2.06 bits per heavy atom. The van der Waals surface area contributed by atoms with E-state index in [0.29, 0.717) is 11.5 Å². The Kier molecular flexibility index (Phi) is 4.10. The highest BCUT2D eigenvalue weighted by Gasteiger charge is 2.09. The van der Waals surface area contributed by atoms with Gasteiger partial charge in [-0.05, 0) is 35.6 Å². The minimum absolute atomic E-state index is 0.233. The monoisotopic (exact) mass is 261 g/mol. The zero-order valence-corrected chi connectivity index (χ0v) is 11.2. The summed E-state index contributed by atoms with van der Waals surface area (Å²) in [5.74, 6) is 0.149. The number of ether oxygens (including phenoxy) is 1. The molecule has 2 rings (SSSR count). The molecule has 94 valence electrons. The molecule has 0 aliphatic rings. The van der Waals surface area contributed by atoms with Crippen LogP contribution in [0.15, 0.2) is 36.4 Å². The van der Waals surface area contributed by atoms with Crippen molar-refractivity contribution >= 4 is 17.5 Å². The summed E-state index contributed by atoms with van der Waals surface area (Å²) < 4.78 is 9.48. The molecule has 2 aromatic rings. The van der Waals surface area contributed by atoms with Crippen molar-refractivity contribution in [3.05, 3.63) is 52.5 Å². The van der Waals surface area contributed by atoms with E-state index >= 15 is 0 Å². The Morgan fingerprint density at radius 3 is 2.67 bits per heavy atom. The molecule has 0 fully saturated rings. The van der Waals surface area contributed by atoms with Crippen molar-refractivity contribution in [1.29, 1.82) is 0 Å². The van der Waals surface area contributed by atoms with Crippen molar-refractivity contribution in [2.75, 3.05) is 0 Å². The molecule has 0 amide bonds. The second-order valence-corrected chi connectivity index (χ2v) is 5.15. The molecule has 0 bridgehead atoms. The molecule has 0 saturated carbocycles. The number of hydrogen-bond acceptors (Lipinski definition) is 4. The Bertz CT molecular complexity index is 520. The molecule has 1 aromatic carbocycles. The molecular weight excluding hydrogens is 246 g/mol. The minimum atomic E-state index is -0.310. The molecule has 0 N–H and O–H groups in total. The molecule has 0 radical (unpaired) electrons. The predicted octanol–water partition coefficient (Wildman–Crippen LogP) is 3.62. The van der Waals surface area contributed by atoms with Gasteiger partial charge in [0, 0.05) is 4.88 Å². The van der Waals surface area contributed by atoms with Crippen LogP contribution in [0.25, 0.3) is 0 Å². The molecule has 0 aliphatic carbocycles. The number of esters is 1. The summed E-state index contributed by atoms with van der Waals surface area (Å²) in [7, 11) is 0. The average Bonchev–Trinajstić information content (AvgIpc) is 2.86. The Hall–Kier alpha value is -1.68. The van der Waals surface area contributed by atoms with E-state index in [1.165, 1.54) is 16.4 Å². The third-order valence-electron chi connectivity index (χ3n) is 2.51. The minimum Gasteiger partial charge on any atom is -0.456 e. The van der Waals surface area contributed by atoms with Crippen LogP contribution in [-0.4, -0.2) is 10.3 Å². The van der Waals surface area contributed by atoms with Gasteiger partial charge in [0.2, 0.25) is 0 Å². The standard InChI is InChI=1S/C14H15NO2S/c1-10(2)13-8-12(15-18-13)9-17-14(16)11-6-4-3-5-7-11/h3-8,10H,9H2,1-2H3. The molecule has 1 aromatic heterocycles. The first kappa shape index (κ1) is 12.8. The van der Waals surface area contributed by atoms with E-state index in [1.807, 2.05) is 24.3 Å². The maximum atomic E-state index is 11.7. The molecule has 1 heterocycles. The second-order valence-electron chi connectivity index (χ2n) is 4.32. The van der Waals surface area contributed by atoms with Crippen molar-refractivity contribution in [3.8, 4) is 0 Å². The summed E-state index contributed by atoms with van der Waals surface area (Å²) in [5, 5.41) is 0. The lowest BCUT2D eigenvalue weighted by Gasteiger charge is -2.02. The number of rotatable bonds is 4. The first-order valence-electron chi connectivity index (χ1n) is 5.84. The van der Waals surface area contributed by atoms with Gasteiger partial charge in [-0.25, -0.2) is 4.79 Å². The van der Waals surface area contributed by atoms with E-state index in [0.717, 1.165) is 5.69 Å². The lowest BCUT2D eigenvalue weighted by atomic mass is 10.2. The van der Waals surface area contributed by atoms with Crippen LogP contribution in [0, 0.1) is 0 Å². The molecular formula is C14H15NO2S. The van der Waals surface area contributed by atoms with Gasteiger partial charge >= 0.3 is 5.97 Å². The van der Waals surface area contributed by atoms with Crippen LogP contribution >= 0.6 is 11.5 Å². The van der Waals surface area contributed by atoms with Gasteiger partial charge in [-0.1, -0.05) is 32.0 Å². The molecule has 0 saturated heterocycles. The Balaban J connectivity index is 1.93. The summed E-state index contributed by atoms with van der Waals surface area (Å²) in [5.41, 5.74) is 1.38. The van der Waals surface area contributed by atoms with Gasteiger partial charge in [0.25, 0.3) is 0 Å². The fourth-order valence-corrected chi connectivity index (χ4v) is 2.19. The van der Waals surface area contributed by atoms with Crippen molar-refractivity contribution in [1.82, 2.24) is 4.37 Å². The fourth-order valence-electron chi connectivity index (χ4n) is 1.47. The fraction of sp³-hybridized carbons (Fsp3) is 0.286. The highest BCUT2D eigenvalue weighted by atomic mass is 32.1. The smallest absolute Gasteiger partial charge is 0.338 e. The molecule has 18 heavy (non-hydrogen) atoms. The van der Waals surface area contributed by atoms with E-state index in [1.54, 1.807) is 12.1 Å². The number of aromatic nitrogens is 1. The van der Waals surface area contributed by atoms with Crippen LogP contribution in [0.5, 0.6) is 0 Å². The van der Waals surface area contributed by atoms with E-state index in [9.17, 15) is 4.79 Å². The van der Waals surface area contributed by atoms with Crippen LogP contribution in [0.3, 0.4) is 0 Å². The van der Waals surface area contributed by atoms with Gasteiger partial charge in [-0.3, -0.25) is 0 Å². The van der Waals surface area contributed by atoms with Crippen LogP contribution in [0.2, 0.25) is 0 Å². The highest BCUT2D eigenvalue weighted by molar-refractivity contribution is 7.05. The number of carbonyl (C=O) groups is 1. The van der Waals surface area contributed by atoms with Crippen LogP contribution in [-0.2, 0) is 11.3 Å². The van der Waals surface area contributed by atoms with Gasteiger partial charge in [0.05, 0.1) is 11.3 Å². The van der Waals surface area contributed by atoms with Crippen LogP contribution in [0.4, 0.5) is 0 Å². The maximum absolute atomic E-state index is 11.7. The SMILES string of the molecule is CC(C)c1cc(COC(=O)c2ccccc2)ns1. The van der Waals surface area contributed by atoms with E-state index in [-0.39, 0.29) is 12.6 Å². The normalized spacial score (nSPS) is 10.6. The van der Waals surface area contributed by atoms with E-state index in [4.69, 9.17) is 4.74 Å². The average molecular weight is 261 g/mol. The third-order valence-corrected chi connectivity index (χ3v) is 3.63. The van der Waals surface area contributed by atoms with E-state index < -0.39 is 0 Å². The number of benzene rings is 1. The van der Waals surface area contributed by atoms with Crippen molar-refractivity contribution in [2.24, 2.45) is 0 Å². The molecule has 0 unspecified atom stereocenters. The summed E-state index contributed by atoms with van der Waals surface area (Å²) in [6.45, 7) is 4.47. The first-order chi connectivity index (χ1) is 8.66. The lowest BCUT2D eigenvalue weighted by molar-refractivity contribution is 0.0469. The predicted molar refractivity (Wildman–Crippen MR) is 71.8 cm³/mol. The highest BCUT2D eigenvalue weighted by Crippen LogP contribution is 2.20. The molecule has 0 aliphatic heterocycles. The molecule has 4 heteroatoms. The van der Waals surface area contributed by atoms with Gasteiger partial charge in [-0.2, -0.15) is 4.37 Å². The largest absolute Gasteiger partial charge is 0.456 e. The number of carbonyl (C=O) groups excluding carboxylic acids is 1. The van der Waals surface area contributed by atoms with Crippen molar-refractivity contribution < 1.29 is 9.53 Å². The van der Waals surface area contributed by atoms with Crippen LogP contribution < -0.4 is 0 Å². The van der Waals surface area contributed by atoms with E-state index in [2.05, 4.69) is 18.2 Å². The number of nitrogens with zero attached hydrogens (tertiary/aromatic N) is 1. The lowest BCUT2D eigenvalue weighted by Crippen LogP contribution is -2.04. The summed E-state index contributed by atoms with van der Waals surface area (Å²) in [6, 6.07) is 11.0. The molecule has 0 spiro atoms. The summed E-state index contributed by atoms with van der Waals surface area (Å²) in [6.07, 6.45) is 0. The van der Waals surface area contributed by atoms with Crippen molar-refractivity contribution in [3.63, 3.8) is 0 Å². The van der Waals surface area contributed by atoms with Gasteiger partial charge < -0.3 is 4.74 Å².